The van der Waals surface area contributed by atoms with Crippen molar-refractivity contribution in [2.45, 2.75) is 46.1 Å². The molecule has 1 aliphatic carbocycles. The molecule has 21 heavy (non-hydrogen) atoms. The smallest absolute Gasteiger partial charge is 0.325 e. The molecule has 0 saturated heterocycles. The van der Waals surface area contributed by atoms with Crippen LogP contribution in [0.1, 0.15) is 36.5 Å². The summed E-state index contributed by atoms with van der Waals surface area (Å²) in [4.78, 5) is 22.4. The number of carboxylic acids is 1. The van der Waals surface area contributed by atoms with E-state index in [0.717, 1.165) is 23.1 Å². The Kier molecular flexibility index (Phi) is 3.57. The molecule has 0 radical (unpaired) electrons. The first kappa shape index (κ1) is 14.3. The number of rotatable bonds is 3. The molecule has 0 unspecified atom stereocenters. The van der Waals surface area contributed by atoms with Crippen LogP contribution in [0.2, 0.25) is 0 Å². The Morgan fingerprint density at radius 3 is 2.95 bits per heavy atom. The number of aromatic nitrogens is 2. The zero-order chi connectivity index (χ0) is 15.1. The molecule has 2 aromatic heterocycles. The van der Waals surface area contributed by atoms with E-state index in [0.29, 0.717) is 17.6 Å². The van der Waals surface area contributed by atoms with E-state index in [1.807, 2.05) is 6.92 Å². The third kappa shape index (κ3) is 2.60. The normalized spacial score (nSPS) is 19.3. The Morgan fingerprint density at radius 2 is 2.24 bits per heavy atom. The summed E-state index contributed by atoms with van der Waals surface area (Å²) in [5, 5.41) is 13.2. The maximum absolute atomic E-state index is 11.1. The molecule has 0 fully saturated rings. The van der Waals surface area contributed by atoms with Gasteiger partial charge in [0.05, 0.1) is 5.39 Å². The Balaban J connectivity index is 2.12. The number of carboxylic acid groups (broad SMARTS) is 1. The van der Waals surface area contributed by atoms with E-state index < -0.39 is 12.0 Å². The molecular weight excluding hydrogens is 286 g/mol. The monoisotopic (exact) mass is 305 g/mol. The third-order valence-electron chi connectivity index (χ3n) is 3.99. The van der Waals surface area contributed by atoms with Crippen LogP contribution in [0.3, 0.4) is 0 Å². The lowest BCUT2D eigenvalue weighted by Crippen LogP contribution is -2.26. The molecule has 2 heterocycles. The van der Waals surface area contributed by atoms with Gasteiger partial charge >= 0.3 is 5.97 Å². The van der Waals surface area contributed by atoms with E-state index in [1.54, 1.807) is 18.3 Å². The van der Waals surface area contributed by atoms with Gasteiger partial charge in [0.15, 0.2) is 0 Å². The standard InChI is InChI=1S/C15H19N3O2S/c1-7-4-5-10-11(6-7)21-14-12(10)13(17-9(3)18-14)16-8(2)15(19)20/h7-8H,4-6H2,1-3H3,(H,19,20)(H,16,17,18)/t7-,8-/m1/s1. The summed E-state index contributed by atoms with van der Waals surface area (Å²) in [7, 11) is 0. The molecule has 3 rings (SSSR count). The van der Waals surface area contributed by atoms with Crippen molar-refractivity contribution in [3.63, 3.8) is 0 Å². The van der Waals surface area contributed by atoms with Crippen LogP contribution in [-0.4, -0.2) is 27.1 Å². The fraction of sp³-hybridized carbons (Fsp3) is 0.533. The quantitative estimate of drug-likeness (QED) is 0.911. The van der Waals surface area contributed by atoms with E-state index in [9.17, 15) is 4.79 Å². The Bertz CT molecular complexity index is 710. The molecule has 0 saturated carbocycles. The van der Waals surface area contributed by atoms with Crippen molar-refractivity contribution in [3.8, 4) is 0 Å². The van der Waals surface area contributed by atoms with Crippen molar-refractivity contribution in [3.05, 3.63) is 16.3 Å². The number of nitrogens with zero attached hydrogens (tertiary/aromatic N) is 2. The summed E-state index contributed by atoms with van der Waals surface area (Å²) in [5.74, 6) is 1.17. The minimum atomic E-state index is -0.878. The van der Waals surface area contributed by atoms with Gasteiger partial charge in [-0.3, -0.25) is 4.79 Å². The van der Waals surface area contributed by atoms with Crippen LogP contribution < -0.4 is 5.32 Å². The van der Waals surface area contributed by atoms with Gasteiger partial charge in [0.25, 0.3) is 0 Å². The van der Waals surface area contributed by atoms with Crippen molar-refractivity contribution in [2.75, 3.05) is 5.32 Å². The van der Waals surface area contributed by atoms with Crippen LogP contribution in [0.15, 0.2) is 0 Å². The number of thiophene rings is 1. The summed E-state index contributed by atoms with van der Waals surface area (Å²) in [6, 6.07) is -0.666. The maximum atomic E-state index is 11.1. The molecular formula is C15H19N3O2S. The average molecular weight is 305 g/mol. The number of aryl methyl sites for hydroxylation is 2. The van der Waals surface area contributed by atoms with Crippen molar-refractivity contribution in [1.29, 1.82) is 0 Å². The second-order valence-corrected chi connectivity index (χ2v) is 6.94. The second kappa shape index (κ2) is 5.26. The predicted molar refractivity (Wildman–Crippen MR) is 84.1 cm³/mol. The van der Waals surface area contributed by atoms with Crippen molar-refractivity contribution in [2.24, 2.45) is 5.92 Å². The van der Waals surface area contributed by atoms with Crippen LogP contribution >= 0.6 is 11.3 Å². The molecule has 112 valence electrons. The SMILES string of the molecule is Cc1nc(N[C@H](C)C(=O)O)c2c3c(sc2n1)C[C@H](C)CC3. The van der Waals surface area contributed by atoms with E-state index in [2.05, 4.69) is 22.2 Å². The lowest BCUT2D eigenvalue weighted by molar-refractivity contribution is -0.137. The van der Waals surface area contributed by atoms with Gasteiger partial charge in [0, 0.05) is 4.88 Å². The third-order valence-corrected chi connectivity index (χ3v) is 5.14. The number of anilines is 1. The summed E-state index contributed by atoms with van der Waals surface area (Å²) in [6.07, 6.45) is 3.28. The Hall–Kier alpha value is -1.69. The van der Waals surface area contributed by atoms with Gasteiger partial charge in [0.1, 0.15) is 22.5 Å². The van der Waals surface area contributed by atoms with Crippen molar-refractivity contribution in [1.82, 2.24) is 9.97 Å². The highest BCUT2D eigenvalue weighted by Crippen LogP contribution is 2.40. The van der Waals surface area contributed by atoms with Gasteiger partial charge in [-0.25, -0.2) is 9.97 Å². The van der Waals surface area contributed by atoms with Crippen LogP contribution in [0, 0.1) is 12.8 Å². The number of hydrogen-bond donors (Lipinski definition) is 2. The molecule has 0 aromatic carbocycles. The van der Waals surface area contributed by atoms with Gasteiger partial charge in [-0.1, -0.05) is 6.92 Å². The highest BCUT2D eigenvalue weighted by molar-refractivity contribution is 7.19. The molecule has 0 amide bonds. The van der Waals surface area contributed by atoms with E-state index in [1.165, 1.54) is 16.9 Å². The van der Waals surface area contributed by atoms with Crippen molar-refractivity contribution >= 4 is 33.3 Å². The van der Waals surface area contributed by atoms with E-state index >= 15 is 0 Å². The Morgan fingerprint density at radius 1 is 1.48 bits per heavy atom. The van der Waals surface area contributed by atoms with Crippen molar-refractivity contribution < 1.29 is 9.90 Å². The predicted octanol–water partition coefficient (Wildman–Crippen LogP) is 3.01. The summed E-state index contributed by atoms with van der Waals surface area (Å²) < 4.78 is 0. The molecule has 2 N–H and O–H groups in total. The molecule has 0 aliphatic heterocycles. The number of aliphatic carboxylic acids is 1. The number of fused-ring (bicyclic) bond motifs is 3. The van der Waals surface area contributed by atoms with Crippen LogP contribution in [0.4, 0.5) is 5.82 Å². The van der Waals surface area contributed by atoms with Gasteiger partial charge in [-0.15, -0.1) is 11.3 Å². The first-order chi connectivity index (χ1) is 9.95. The number of nitrogens with one attached hydrogen (secondary N) is 1. The fourth-order valence-corrected chi connectivity index (χ4v) is 4.25. The van der Waals surface area contributed by atoms with E-state index in [-0.39, 0.29) is 0 Å². The molecule has 0 spiro atoms. The number of hydrogen-bond acceptors (Lipinski definition) is 5. The zero-order valence-corrected chi connectivity index (χ0v) is 13.3. The van der Waals surface area contributed by atoms with E-state index in [4.69, 9.17) is 5.11 Å². The van der Waals surface area contributed by atoms with Crippen LogP contribution in [0.25, 0.3) is 10.2 Å². The minimum absolute atomic E-state index is 0.666. The van der Waals surface area contributed by atoms with Gasteiger partial charge in [-0.05, 0) is 44.6 Å². The highest BCUT2D eigenvalue weighted by Gasteiger charge is 2.24. The van der Waals surface area contributed by atoms with Crippen LogP contribution in [0.5, 0.6) is 0 Å². The lowest BCUT2D eigenvalue weighted by Gasteiger charge is -2.18. The zero-order valence-electron chi connectivity index (χ0n) is 12.4. The van der Waals surface area contributed by atoms with Gasteiger partial charge in [0.2, 0.25) is 0 Å². The second-order valence-electron chi connectivity index (χ2n) is 5.86. The topological polar surface area (TPSA) is 75.1 Å². The number of carbonyl (C=O) groups is 1. The molecule has 1 aliphatic rings. The summed E-state index contributed by atoms with van der Waals surface area (Å²) >= 11 is 1.73. The van der Waals surface area contributed by atoms with Gasteiger partial charge < -0.3 is 10.4 Å². The molecule has 0 bridgehead atoms. The fourth-order valence-electron chi connectivity index (χ4n) is 2.82. The Labute approximate surface area is 127 Å². The first-order valence-corrected chi connectivity index (χ1v) is 8.05. The van der Waals surface area contributed by atoms with Gasteiger partial charge in [-0.2, -0.15) is 0 Å². The summed E-state index contributed by atoms with van der Waals surface area (Å²) in [6.45, 7) is 5.75. The lowest BCUT2D eigenvalue weighted by atomic mass is 9.89. The molecule has 2 aromatic rings. The van der Waals surface area contributed by atoms with Crippen LogP contribution in [-0.2, 0) is 17.6 Å². The average Bonchev–Trinajstić information content (AvgIpc) is 2.75. The highest BCUT2D eigenvalue weighted by atomic mass is 32.1. The largest absolute Gasteiger partial charge is 0.480 e. The molecule has 2 atom stereocenters. The maximum Gasteiger partial charge on any atom is 0.325 e. The molecule has 6 heteroatoms. The molecule has 5 nitrogen and oxygen atoms in total. The minimum Gasteiger partial charge on any atom is -0.480 e. The summed E-state index contributed by atoms with van der Waals surface area (Å²) in [5.41, 5.74) is 1.31. The first-order valence-electron chi connectivity index (χ1n) is 7.24.